The van der Waals surface area contributed by atoms with E-state index in [1.165, 1.54) is 28.6 Å². The van der Waals surface area contributed by atoms with Gasteiger partial charge in [0.05, 0.1) is 11.5 Å². The first-order valence-corrected chi connectivity index (χ1v) is 12.0. The maximum absolute atomic E-state index is 12.8. The zero-order valence-electron chi connectivity index (χ0n) is 18.9. The van der Waals surface area contributed by atoms with E-state index in [4.69, 9.17) is 4.84 Å². The molecule has 0 saturated heterocycles. The van der Waals surface area contributed by atoms with E-state index in [-0.39, 0.29) is 23.0 Å². The predicted octanol–water partition coefficient (Wildman–Crippen LogP) is 2.72. The van der Waals surface area contributed by atoms with E-state index in [0.29, 0.717) is 13.1 Å². The summed E-state index contributed by atoms with van der Waals surface area (Å²) < 4.78 is 26.8. The van der Waals surface area contributed by atoms with Crippen molar-refractivity contribution in [2.24, 2.45) is 5.92 Å². The van der Waals surface area contributed by atoms with Gasteiger partial charge in [0, 0.05) is 18.7 Å². The fourth-order valence-electron chi connectivity index (χ4n) is 3.10. The van der Waals surface area contributed by atoms with Gasteiger partial charge in [0.25, 0.3) is 11.8 Å². The molecule has 0 aliphatic heterocycles. The van der Waals surface area contributed by atoms with Crippen molar-refractivity contribution in [1.29, 1.82) is 0 Å². The smallest absolute Gasteiger partial charge is 0.266 e. The van der Waals surface area contributed by atoms with E-state index < -0.39 is 27.9 Å². The second kappa shape index (κ2) is 11.8. The van der Waals surface area contributed by atoms with Gasteiger partial charge in [-0.3, -0.25) is 14.4 Å². The summed E-state index contributed by atoms with van der Waals surface area (Å²) in [7, 11) is -3.70. The van der Waals surface area contributed by atoms with Crippen LogP contribution < -0.4 is 10.8 Å². The third-order valence-corrected chi connectivity index (χ3v) is 6.98. The fraction of sp³-hybridized carbons (Fsp3) is 0.391. The lowest BCUT2D eigenvalue weighted by Gasteiger charge is -2.22. The maximum Gasteiger partial charge on any atom is 0.266 e. The van der Waals surface area contributed by atoms with Gasteiger partial charge in [-0.15, -0.1) is 0 Å². The molecule has 174 valence electrons. The minimum absolute atomic E-state index is 0.0330. The molecule has 2 aromatic carbocycles. The molecule has 0 unspecified atom stereocenters. The van der Waals surface area contributed by atoms with Gasteiger partial charge >= 0.3 is 0 Å². The molecule has 0 aromatic heterocycles. The minimum atomic E-state index is -3.70. The summed E-state index contributed by atoms with van der Waals surface area (Å²) in [6.45, 7) is 7.94. The summed E-state index contributed by atoms with van der Waals surface area (Å²) in [5.74, 6) is -1.25. The maximum atomic E-state index is 12.8. The lowest BCUT2D eigenvalue weighted by molar-refractivity contribution is -0.137. The molecule has 0 heterocycles. The highest BCUT2D eigenvalue weighted by molar-refractivity contribution is 7.89. The van der Waals surface area contributed by atoms with Crippen molar-refractivity contribution >= 4 is 21.8 Å². The molecule has 2 amide bonds. The molecule has 8 nitrogen and oxygen atoms in total. The number of hydrogen-bond acceptors (Lipinski definition) is 5. The highest BCUT2D eigenvalue weighted by atomic mass is 32.2. The number of amides is 2. The van der Waals surface area contributed by atoms with Gasteiger partial charge in [-0.25, -0.2) is 13.9 Å². The van der Waals surface area contributed by atoms with Crippen LogP contribution in [-0.2, 0) is 26.3 Å². The van der Waals surface area contributed by atoms with Crippen molar-refractivity contribution in [1.82, 2.24) is 15.1 Å². The monoisotopic (exact) mass is 461 g/mol. The molecule has 2 N–H and O–H groups in total. The van der Waals surface area contributed by atoms with E-state index in [2.05, 4.69) is 10.8 Å². The van der Waals surface area contributed by atoms with Gasteiger partial charge in [0.1, 0.15) is 6.04 Å². The molecule has 1 atom stereocenters. The zero-order chi connectivity index (χ0) is 23.7. The molecule has 2 aromatic rings. The van der Waals surface area contributed by atoms with E-state index in [9.17, 15) is 18.0 Å². The summed E-state index contributed by atoms with van der Waals surface area (Å²) in [5, 5.41) is 2.68. The zero-order valence-corrected chi connectivity index (χ0v) is 19.7. The highest BCUT2D eigenvalue weighted by Crippen LogP contribution is 2.17. The first-order chi connectivity index (χ1) is 15.2. The van der Waals surface area contributed by atoms with E-state index in [1.54, 1.807) is 27.7 Å². The van der Waals surface area contributed by atoms with Crippen LogP contribution in [0.4, 0.5) is 0 Å². The van der Waals surface area contributed by atoms with E-state index in [1.807, 2.05) is 30.3 Å². The van der Waals surface area contributed by atoms with Gasteiger partial charge in [-0.05, 0) is 29.7 Å². The molecule has 2 rings (SSSR count). The van der Waals surface area contributed by atoms with Crippen LogP contribution in [0.2, 0.25) is 0 Å². The van der Waals surface area contributed by atoms with Crippen LogP contribution >= 0.6 is 0 Å². The van der Waals surface area contributed by atoms with Crippen LogP contribution in [0, 0.1) is 5.92 Å². The minimum Gasteiger partial charge on any atom is -0.340 e. The van der Waals surface area contributed by atoms with Gasteiger partial charge in [-0.1, -0.05) is 64.1 Å². The SMILES string of the molecule is CCN(CC)S(=O)(=O)c1cccc(C(=O)N[C@H](C(=O)NOCc2ccccc2)C(C)C)c1. The molecule has 0 bridgehead atoms. The molecule has 0 fully saturated rings. The quantitative estimate of drug-likeness (QED) is 0.501. The number of hydrogen-bond donors (Lipinski definition) is 2. The third kappa shape index (κ3) is 6.62. The van der Waals surface area contributed by atoms with Crippen molar-refractivity contribution < 1.29 is 22.8 Å². The van der Waals surface area contributed by atoms with Crippen LogP contribution in [0.5, 0.6) is 0 Å². The normalized spacial score (nSPS) is 12.6. The van der Waals surface area contributed by atoms with Gasteiger partial charge in [0.15, 0.2) is 0 Å². The van der Waals surface area contributed by atoms with Crippen LogP contribution in [0.1, 0.15) is 43.6 Å². The Morgan fingerprint density at radius 1 is 1.00 bits per heavy atom. The third-order valence-electron chi connectivity index (χ3n) is 4.93. The Balaban J connectivity index is 2.08. The number of sulfonamides is 1. The Morgan fingerprint density at radius 3 is 2.25 bits per heavy atom. The van der Waals surface area contributed by atoms with Crippen LogP contribution in [0.3, 0.4) is 0 Å². The largest absolute Gasteiger partial charge is 0.340 e. The number of nitrogens with one attached hydrogen (secondary N) is 2. The molecule has 9 heteroatoms. The Hall–Kier alpha value is -2.75. The number of carbonyl (C=O) groups is 2. The van der Waals surface area contributed by atoms with Crippen LogP contribution in [0.15, 0.2) is 59.5 Å². The highest BCUT2D eigenvalue weighted by Gasteiger charge is 2.26. The van der Waals surface area contributed by atoms with Gasteiger partial charge < -0.3 is 5.32 Å². The number of nitrogens with zero attached hydrogens (tertiary/aromatic N) is 1. The summed E-state index contributed by atoms with van der Waals surface area (Å²) in [4.78, 5) is 30.7. The van der Waals surface area contributed by atoms with E-state index in [0.717, 1.165) is 5.56 Å². The standard InChI is InChI=1S/C23H31N3O5S/c1-5-26(6-2)32(29,30)20-14-10-13-19(15-20)22(27)24-21(17(3)4)23(28)25-31-16-18-11-8-7-9-12-18/h7-15,17,21H,5-6,16H2,1-4H3,(H,24,27)(H,25,28)/t21-/m0/s1. The molecule has 0 aliphatic carbocycles. The first kappa shape index (κ1) is 25.5. The van der Waals surface area contributed by atoms with E-state index >= 15 is 0 Å². The lowest BCUT2D eigenvalue weighted by Crippen LogP contribution is -2.49. The van der Waals surface area contributed by atoms with Gasteiger partial charge in [-0.2, -0.15) is 4.31 Å². The van der Waals surface area contributed by atoms with Crippen molar-refractivity contribution in [3.63, 3.8) is 0 Å². The summed E-state index contributed by atoms with van der Waals surface area (Å²) in [6, 6.07) is 14.3. The number of benzene rings is 2. The second-order valence-corrected chi connectivity index (χ2v) is 9.49. The topological polar surface area (TPSA) is 105 Å². The summed E-state index contributed by atoms with van der Waals surface area (Å²) in [6.07, 6.45) is 0. The molecule has 0 radical (unpaired) electrons. The first-order valence-electron chi connectivity index (χ1n) is 10.6. The van der Waals surface area contributed by atoms with Gasteiger partial charge in [0.2, 0.25) is 10.0 Å². The molecule has 0 spiro atoms. The average Bonchev–Trinajstić information content (AvgIpc) is 2.78. The molecule has 32 heavy (non-hydrogen) atoms. The van der Waals surface area contributed by atoms with Crippen LogP contribution in [-0.4, -0.2) is 43.7 Å². The number of carbonyl (C=O) groups excluding carboxylic acids is 2. The lowest BCUT2D eigenvalue weighted by atomic mass is 10.0. The van der Waals surface area contributed by atoms with Crippen LogP contribution in [0.25, 0.3) is 0 Å². The fourth-order valence-corrected chi connectivity index (χ4v) is 4.60. The van der Waals surface area contributed by atoms with Crippen molar-refractivity contribution in [2.75, 3.05) is 13.1 Å². The predicted molar refractivity (Wildman–Crippen MR) is 122 cm³/mol. The molecule has 0 aliphatic rings. The number of hydroxylamine groups is 1. The van der Waals surface area contributed by atoms with Crippen molar-refractivity contribution in [3.05, 3.63) is 65.7 Å². The summed E-state index contributed by atoms with van der Waals surface area (Å²) >= 11 is 0. The Bertz CT molecular complexity index is 1010. The molecular formula is C23H31N3O5S. The van der Waals surface area contributed by atoms with Crippen molar-refractivity contribution in [3.8, 4) is 0 Å². The Labute approximate surface area is 190 Å². The molecular weight excluding hydrogens is 430 g/mol. The average molecular weight is 462 g/mol. The number of rotatable bonds is 11. The summed E-state index contributed by atoms with van der Waals surface area (Å²) in [5.41, 5.74) is 3.43. The molecule has 0 saturated carbocycles. The second-order valence-electron chi connectivity index (χ2n) is 7.55. The Kier molecular flexibility index (Phi) is 9.37. The Morgan fingerprint density at radius 2 is 1.66 bits per heavy atom. The van der Waals surface area contributed by atoms with Crippen molar-refractivity contribution in [2.45, 2.75) is 45.2 Å².